The molecule has 0 saturated carbocycles. The molecule has 2 aromatic rings. The molecule has 0 aliphatic carbocycles. The quantitative estimate of drug-likeness (QED) is 0.904. The van der Waals surface area contributed by atoms with Crippen LogP contribution in [0.15, 0.2) is 42.6 Å². The molecule has 0 radical (unpaired) electrons. The molecule has 1 aromatic heterocycles. The minimum Gasteiger partial charge on any atom is -0.481 e. The summed E-state index contributed by atoms with van der Waals surface area (Å²) in [5.74, 6) is -0.120. The van der Waals surface area contributed by atoms with Gasteiger partial charge >= 0.3 is 5.97 Å². The molecule has 0 spiro atoms. The van der Waals surface area contributed by atoms with E-state index in [0.29, 0.717) is 29.5 Å². The van der Waals surface area contributed by atoms with E-state index in [0.717, 1.165) is 24.9 Å². The van der Waals surface area contributed by atoms with Crippen molar-refractivity contribution in [3.05, 3.63) is 59.3 Å². The second-order valence-electron chi connectivity index (χ2n) is 6.20. The Morgan fingerprint density at radius 1 is 1.24 bits per heavy atom. The Labute approximate surface area is 146 Å². The molecule has 6 nitrogen and oxygen atoms in total. The number of benzene rings is 1. The Morgan fingerprint density at radius 3 is 2.68 bits per heavy atom. The van der Waals surface area contributed by atoms with Gasteiger partial charge in [0.2, 0.25) is 5.88 Å². The number of amides is 1. The van der Waals surface area contributed by atoms with Gasteiger partial charge in [0.25, 0.3) is 5.91 Å². The van der Waals surface area contributed by atoms with Gasteiger partial charge in [0.15, 0.2) is 0 Å². The number of carbonyl (C=O) groups excluding carboxylic acids is 1. The number of ether oxygens (including phenoxy) is 1. The third-order valence-corrected chi connectivity index (χ3v) is 4.49. The molecule has 6 heteroatoms. The van der Waals surface area contributed by atoms with E-state index < -0.39 is 5.97 Å². The number of rotatable bonds is 5. The summed E-state index contributed by atoms with van der Waals surface area (Å²) in [5, 5.41) is 8.94. The van der Waals surface area contributed by atoms with Gasteiger partial charge in [-0.05, 0) is 42.5 Å². The zero-order chi connectivity index (χ0) is 17.8. The highest BCUT2D eigenvalue weighted by Crippen LogP contribution is 2.23. The number of nitrogens with zero attached hydrogens (tertiary/aromatic N) is 2. The molecule has 1 aromatic carbocycles. The van der Waals surface area contributed by atoms with Crippen LogP contribution in [0.1, 0.15) is 32.7 Å². The minimum absolute atomic E-state index is 0.00979. The maximum Gasteiger partial charge on any atom is 0.335 e. The van der Waals surface area contributed by atoms with Crippen molar-refractivity contribution < 1.29 is 19.4 Å². The lowest BCUT2D eigenvalue weighted by Crippen LogP contribution is -2.29. The largest absolute Gasteiger partial charge is 0.481 e. The van der Waals surface area contributed by atoms with E-state index in [1.54, 1.807) is 30.5 Å². The highest BCUT2D eigenvalue weighted by atomic mass is 16.5. The van der Waals surface area contributed by atoms with E-state index in [1.807, 2.05) is 17.0 Å². The van der Waals surface area contributed by atoms with Crippen LogP contribution in [0.25, 0.3) is 0 Å². The Balaban J connectivity index is 1.61. The molecule has 1 aliphatic rings. The molecule has 1 atom stereocenters. The molecular formula is C19H20N2O4. The lowest BCUT2D eigenvalue weighted by Gasteiger charge is -2.17. The van der Waals surface area contributed by atoms with Gasteiger partial charge < -0.3 is 14.7 Å². The Morgan fingerprint density at radius 2 is 2.00 bits per heavy atom. The second kappa shape index (κ2) is 7.34. The van der Waals surface area contributed by atoms with E-state index in [2.05, 4.69) is 4.98 Å². The van der Waals surface area contributed by atoms with Crippen molar-refractivity contribution in [3.8, 4) is 5.88 Å². The van der Waals surface area contributed by atoms with E-state index >= 15 is 0 Å². The van der Waals surface area contributed by atoms with Crippen molar-refractivity contribution >= 4 is 11.9 Å². The minimum atomic E-state index is -0.919. The summed E-state index contributed by atoms with van der Waals surface area (Å²) >= 11 is 0. The average Bonchev–Trinajstić information content (AvgIpc) is 3.10. The normalized spacial score (nSPS) is 16.7. The number of aromatic carboxylic acids is 1. The molecule has 1 fully saturated rings. The van der Waals surface area contributed by atoms with Gasteiger partial charge in [-0.2, -0.15) is 0 Å². The Bertz CT molecular complexity index is 773. The number of carbonyl (C=O) groups is 2. The molecule has 0 unspecified atom stereocenters. The number of hydrogen-bond acceptors (Lipinski definition) is 4. The van der Waals surface area contributed by atoms with Gasteiger partial charge in [-0.1, -0.05) is 12.1 Å². The first-order chi connectivity index (χ1) is 12.1. The summed E-state index contributed by atoms with van der Waals surface area (Å²) in [5.41, 5.74) is 1.96. The number of likely N-dealkylation sites (tertiary alicyclic amines) is 1. The van der Waals surface area contributed by atoms with Gasteiger partial charge in [-0.25, -0.2) is 9.78 Å². The summed E-state index contributed by atoms with van der Waals surface area (Å²) in [6.45, 7) is 1.42. The zero-order valence-corrected chi connectivity index (χ0v) is 14.0. The number of carboxylic acids is 1. The third kappa shape index (κ3) is 3.96. The molecule has 1 aliphatic heterocycles. The summed E-state index contributed by atoms with van der Waals surface area (Å²) < 4.78 is 5.07. The van der Waals surface area contributed by atoms with Crippen LogP contribution in [0, 0.1) is 5.92 Å². The van der Waals surface area contributed by atoms with Gasteiger partial charge in [-0.3, -0.25) is 4.79 Å². The maximum atomic E-state index is 12.6. The first-order valence-corrected chi connectivity index (χ1v) is 8.18. The summed E-state index contributed by atoms with van der Waals surface area (Å²) in [4.78, 5) is 29.4. The fraction of sp³-hybridized carbons (Fsp3) is 0.316. The first kappa shape index (κ1) is 17.0. The standard InChI is InChI=1S/C19H20N2O4/c1-25-17-11-16(6-8-20-17)18(22)21-9-7-14(12-21)10-13-2-4-15(5-3-13)19(23)24/h2-6,8,11,14H,7,9-10,12H2,1H3,(H,23,24)/t14-/m1/s1. The lowest BCUT2D eigenvalue weighted by atomic mass is 9.98. The van der Waals surface area contributed by atoms with Crippen molar-refractivity contribution in [2.24, 2.45) is 5.92 Å². The third-order valence-electron chi connectivity index (χ3n) is 4.49. The Hall–Kier alpha value is -2.89. The predicted molar refractivity (Wildman–Crippen MR) is 91.9 cm³/mol. The molecule has 130 valence electrons. The van der Waals surface area contributed by atoms with Gasteiger partial charge in [0.05, 0.1) is 12.7 Å². The number of methoxy groups -OCH3 is 1. The fourth-order valence-corrected chi connectivity index (χ4v) is 3.14. The highest BCUT2D eigenvalue weighted by Gasteiger charge is 2.27. The highest BCUT2D eigenvalue weighted by molar-refractivity contribution is 5.94. The van der Waals surface area contributed by atoms with Crippen LogP contribution in [0.5, 0.6) is 5.88 Å². The molecular weight excluding hydrogens is 320 g/mol. The SMILES string of the molecule is COc1cc(C(=O)N2CC[C@H](Cc3ccc(C(=O)O)cc3)C2)ccn1. The van der Waals surface area contributed by atoms with Crippen molar-refractivity contribution in [1.82, 2.24) is 9.88 Å². The summed E-state index contributed by atoms with van der Waals surface area (Å²) in [6, 6.07) is 10.3. The smallest absolute Gasteiger partial charge is 0.335 e. The summed E-state index contributed by atoms with van der Waals surface area (Å²) in [7, 11) is 1.53. The van der Waals surface area contributed by atoms with E-state index in [9.17, 15) is 9.59 Å². The lowest BCUT2D eigenvalue weighted by molar-refractivity contribution is 0.0696. The molecule has 1 amide bonds. The van der Waals surface area contributed by atoms with Gasteiger partial charge in [-0.15, -0.1) is 0 Å². The van der Waals surface area contributed by atoms with Crippen LogP contribution in [0.4, 0.5) is 0 Å². The van der Waals surface area contributed by atoms with Gasteiger partial charge in [0, 0.05) is 30.9 Å². The molecule has 1 N–H and O–H groups in total. The van der Waals surface area contributed by atoms with Crippen molar-refractivity contribution in [1.29, 1.82) is 0 Å². The van der Waals surface area contributed by atoms with Crippen LogP contribution >= 0.6 is 0 Å². The van der Waals surface area contributed by atoms with Gasteiger partial charge in [0.1, 0.15) is 0 Å². The average molecular weight is 340 g/mol. The monoisotopic (exact) mass is 340 g/mol. The van der Waals surface area contributed by atoms with Crippen molar-refractivity contribution in [3.63, 3.8) is 0 Å². The first-order valence-electron chi connectivity index (χ1n) is 8.18. The molecule has 25 heavy (non-hydrogen) atoms. The van der Waals surface area contributed by atoms with Crippen LogP contribution < -0.4 is 4.74 Å². The number of hydrogen-bond donors (Lipinski definition) is 1. The zero-order valence-electron chi connectivity index (χ0n) is 14.0. The van der Waals surface area contributed by atoms with E-state index in [-0.39, 0.29) is 5.91 Å². The van der Waals surface area contributed by atoms with E-state index in [1.165, 1.54) is 7.11 Å². The number of carboxylic acid groups (broad SMARTS) is 1. The molecule has 3 rings (SSSR count). The molecule has 2 heterocycles. The topological polar surface area (TPSA) is 79.7 Å². The predicted octanol–water partition coefficient (Wildman–Crippen LogP) is 2.49. The number of pyridine rings is 1. The molecule has 0 bridgehead atoms. The van der Waals surface area contributed by atoms with Crippen LogP contribution in [0.2, 0.25) is 0 Å². The number of aromatic nitrogens is 1. The Kier molecular flexibility index (Phi) is 4.97. The van der Waals surface area contributed by atoms with Crippen LogP contribution in [-0.2, 0) is 6.42 Å². The van der Waals surface area contributed by atoms with Crippen LogP contribution in [-0.4, -0.2) is 47.1 Å². The molecule has 1 saturated heterocycles. The fourth-order valence-electron chi connectivity index (χ4n) is 3.14. The van der Waals surface area contributed by atoms with Crippen LogP contribution in [0.3, 0.4) is 0 Å². The maximum absolute atomic E-state index is 12.6. The van der Waals surface area contributed by atoms with Crippen molar-refractivity contribution in [2.75, 3.05) is 20.2 Å². The van der Waals surface area contributed by atoms with Crippen molar-refractivity contribution in [2.45, 2.75) is 12.8 Å². The summed E-state index contributed by atoms with van der Waals surface area (Å²) in [6.07, 6.45) is 3.35. The van der Waals surface area contributed by atoms with E-state index in [4.69, 9.17) is 9.84 Å². The second-order valence-corrected chi connectivity index (χ2v) is 6.20.